The van der Waals surface area contributed by atoms with E-state index in [1.807, 2.05) is 30.3 Å². The van der Waals surface area contributed by atoms with Crippen molar-refractivity contribution < 1.29 is 0 Å². The molecule has 2 aromatic rings. The van der Waals surface area contributed by atoms with Crippen molar-refractivity contribution in [2.45, 2.75) is 6.04 Å². The van der Waals surface area contributed by atoms with Crippen LogP contribution in [0.3, 0.4) is 0 Å². The van der Waals surface area contributed by atoms with Gasteiger partial charge >= 0.3 is 0 Å². The van der Waals surface area contributed by atoms with Crippen molar-refractivity contribution in [3.63, 3.8) is 0 Å². The molecule has 76 valence electrons. The summed E-state index contributed by atoms with van der Waals surface area (Å²) in [6.45, 7) is 1.87. The van der Waals surface area contributed by atoms with E-state index in [0.29, 0.717) is 11.9 Å². The molecule has 0 atom stereocenters. The molecule has 1 N–H and O–H groups in total. The van der Waals surface area contributed by atoms with Gasteiger partial charge in [-0.05, 0) is 5.21 Å². The third-order valence-electron chi connectivity index (χ3n) is 2.55. The first-order valence-corrected chi connectivity index (χ1v) is 4.99. The van der Waals surface area contributed by atoms with Crippen LogP contribution in [0, 0.1) is 0 Å². The van der Waals surface area contributed by atoms with Crippen molar-refractivity contribution in [2.75, 3.05) is 13.1 Å². The molecule has 0 unspecified atom stereocenters. The van der Waals surface area contributed by atoms with E-state index in [1.54, 1.807) is 4.80 Å². The van der Waals surface area contributed by atoms with Crippen LogP contribution < -0.4 is 5.32 Å². The second kappa shape index (κ2) is 3.43. The van der Waals surface area contributed by atoms with Gasteiger partial charge in [-0.1, -0.05) is 30.3 Å². The van der Waals surface area contributed by atoms with Gasteiger partial charge in [0.05, 0.1) is 6.04 Å². The van der Waals surface area contributed by atoms with Crippen molar-refractivity contribution >= 4 is 0 Å². The Labute approximate surface area is 87.1 Å². The SMILES string of the molecule is c1ccc(-c2nnn(C3CNC3)n2)cc1. The van der Waals surface area contributed by atoms with Crippen LogP contribution in [-0.4, -0.2) is 33.3 Å². The summed E-state index contributed by atoms with van der Waals surface area (Å²) < 4.78 is 0. The molecule has 3 rings (SSSR count). The van der Waals surface area contributed by atoms with Crippen LogP contribution in [-0.2, 0) is 0 Å². The third kappa shape index (κ3) is 1.50. The Kier molecular flexibility index (Phi) is 1.96. The summed E-state index contributed by atoms with van der Waals surface area (Å²) in [5, 5.41) is 15.6. The molecule has 1 aliphatic rings. The van der Waals surface area contributed by atoms with Gasteiger partial charge in [-0.15, -0.1) is 10.2 Å². The lowest BCUT2D eigenvalue weighted by molar-refractivity contribution is 0.285. The number of benzene rings is 1. The summed E-state index contributed by atoms with van der Waals surface area (Å²) in [4.78, 5) is 1.69. The Balaban J connectivity index is 1.90. The molecule has 1 aliphatic heterocycles. The highest BCUT2D eigenvalue weighted by molar-refractivity contribution is 5.52. The van der Waals surface area contributed by atoms with Crippen LogP contribution in [0.4, 0.5) is 0 Å². The molecule has 0 aliphatic carbocycles. The minimum Gasteiger partial charge on any atom is -0.312 e. The maximum atomic E-state index is 4.36. The normalized spacial score (nSPS) is 16.3. The number of rotatable bonds is 2. The molecule has 1 fully saturated rings. The quantitative estimate of drug-likeness (QED) is 0.768. The highest BCUT2D eigenvalue weighted by atomic mass is 15.6. The summed E-state index contributed by atoms with van der Waals surface area (Å²) in [5.41, 5.74) is 1.01. The molecular weight excluding hydrogens is 190 g/mol. The molecule has 5 heteroatoms. The van der Waals surface area contributed by atoms with Crippen LogP contribution >= 0.6 is 0 Å². The maximum absolute atomic E-state index is 4.36. The number of hydrogen-bond acceptors (Lipinski definition) is 4. The average Bonchev–Trinajstić information content (AvgIpc) is 2.66. The zero-order valence-electron chi connectivity index (χ0n) is 8.17. The highest BCUT2D eigenvalue weighted by Crippen LogP contribution is 2.14. The van der Waals surface area contributed by atoms with E-state index in [2.05, 4.69) is 20.7 Å². The second-order valence-electron chi connectivity index (χ2n) is 3.61. The fourth-order valence-corrected chi connectivity index (χ4v) is 1.52. The van der Waals surface area contributed by atoms with Gasteiger partial charge in [0.25, 0.3) is 0 Å². The Hall–Kier alpha value is -1.75. The molecule has 1 aromatic heterocycles. The fourth-order valence-electron chi connectivity index (χ4n) is 1.52. The van der Waals surface area contributed by atoms with Crippen molar-refractivity contribution in [3.8, 4) is 11.4 Å². The summed E-state index contributed by atoms with van der Waals surface area (Å²) >= 11 is 0. The van der Waals surface area contributed by atoms with E-state index in [-0.39, 0.29) is 0 Å². The minimum absolute atomic E-state index is 0.370. The average molecular weight is 201 g/mol. The van der Waals surface area contributed by atoms with Crippen LogP contribution in [0.2, 0.25) is 0 Å². The smallest absolute Gasteiger partial charge is 0.204 e. The van der Waals surface area contributed by atoms with Crippen LogP contribution in [0.15, 0.2) is 30.3 Å². The number of tetrazole rings is 1. The summed E-state index contributed by atoms with van der Waals surface area (Å²) in [6.07, 6.45) is 0. The number of hydrogen-bond donors (Lipinski definition) is 1. The molecule has 1 aromatic carbocycles. The van der Waals surface area contributed by atoms with Crippen LogP contribution in [0.1, 0.15) is 6.04 Å². The lowest BCUT2D eigenvalue weighted by atomic mass is 10.2. The molecule has 2 heterocycles. The standard InChI is InChI=1S/C10H11N5/c1-2-4-8(5-3-1)10-12-14-15(13-10)9-6-11-7-9/h1-5,9,11H,6-7H2. The lowest BCUT2D eigenvalue weighted by Crippen LogP contribution is -2.44. The van der Waals surface area contributed by atoms with Gasteiger partial charge < -0.3 is 5.32 Å². The zero-order chi connectivity index (χ0) is 10.1. The molecule has 0 spiro atoms. The summed E-state index contributed by atoms with van der Waals surface area (Å²) in [7, 11) is 0. The van der Waals surface area contributed by atoms with Gasteiger partial charge in [-0.25, -0.2) is 0 Å². The number of nitrogens with zero attached hydrogens (tertiary/aromatic N) is 4. The zero-order valence-corrected chi connectivity index (χ0v) is 8.17. The molecule has 0 bridgehead atoms. The first kappa shape index (κ1) is 8.55. The Morgan fingerprint density at radius 1 is 1.20 bits per heavy atom. The van der Waals surface area contributed by atoms with E-state index in [0.717, 1.165) is 18.7 Å². The summed E-state index contributed by atoms with van der Waals surface area (Å²) in [5.74, 6) is 0.697. The largest absolute Gasteiger partial charge is 0.312 e. The van der Waals surface area contributed by atoms with E-state index in [4.69, 9.17) is 0 Å². The van der Waals surface area contributed by atoms with Crippen LogP contribution in [0.25, 0.3) is 11.4 Å². The van der Waals surface area contributed by atoms with Gasteiger partial charge in [-0.3, -0.25) is 0 Å². The van der Waals surface area contributed by atoms with Gasteiger partial charge in [0, 0.05) is 18.7 Å². The molecule has 15 heavy (non-hydrogen) atoms. The lowest BCUT2D eigenvalue weighted by Gasteiger charge is -2.24. The molecule has 1 saturated heterocycles. The number of aromatic nitrogens is 4. The second-order valence-corrected chi connectivity index (χ2v) is 3.61. The number of nitrogens with one attached hydrogen (secondary N) is 1. The first-order chi connectivity index (χ1) is 7.43. The van der Waals surface area contributed by atoms with E-state index >= 15 is 0 Å². The summed E-state index contributed by atoms with van der Waals surface area (Å²) in [6, 6.07) is 10.3. The van der Waals surface area contributed by atoms with E-state index in [1.165, 1.54) is 0 Å². The van der Waals surface area contributed by atoms with Gasteiger partial charge in [0.2, 0.25) is 5.82 Å². The van der Waals surface area contributed by atoms with E-state index in [9.17, 15) is 0 Å². The molecule has 0 radical (unpaired) electrons. The fraction of sp³-hybridized carbons (Fsp3) is 0.300. The maximum Gasteiger partial charge on any atom is 0.204 e. The highest BCUT2D eigenvalue weighted by Gasteiger charge is 2.21. The van der Waals surface area contributed by atoms with Crippen molar-refractivity contribution in [3.05, 3.63) is 30.3 Å². The molecule has 5 nitrogen and oxygen atoms in total. The first-order valence-electron chi connectivity index (χ1n) is 4.99. The van der Waals surface area contributed by atoms with Gasteiger partial charge in [0.15, 0.2) is 0 Å². The molecular formula is C10H11N5. The minimum atomic E-state index is 0.370. The van der Waals surface area contributed by atoms with Crippen LogP contribution in [0.5, 0.6) is 0 Å². The molecule has 0 amide bonds. The topological polar surface area (TPSA) is 55.6 Å². The Morgan fingerprint density at radius 2 is 2.00 bits per heavy atom. The monoisotopic (exact) mass is 201 g/mol. The Morgan fingerprint density at radius 3 is 2.67 bits per heavy atom. The van der Waals surface area contributed by atoms with E-state index < -0.39 is 0 Å². The predicted molar refractivity (Wildman–Crippen MR) is 55.2 cm³/mol. The van der Waals surface area contributed by atoms with Crippen molar-refractivity contribution in [1.29, 1.82) is 0 Å². The third-order valence-corrected chi connectivity index (χ3v) is 2.55. The Bertz CT molecular complexity index is 446. The molecule has 0 saturated carbocycles. The van der Waals surface area contributed by atoms with Gasteiger partial charge in [-0.2, -0.15) is 4.80 Å². The van der Waals surface area contributed by atoms with Crippen molar-refractivity contribution in [1.82, 2.24) is 25.5 Å². The van der Waals surface area contributed by atoms with Gasteiger partial charge in [0.1, 0.15) is 0 Å². The predicted octanol–water partition coefficient (Wildman–Crippen LogP) is 0.484. The van der Waals surface area contributed by atoms with Crippen molar-refractivity contribution in [2.24, 2.45) is 0 Å².